The van der Waals surface area contributed by atoms with Crippen molar-refractivity contribution in [2.75, 3.05) is 13.2 Å². The molecule has 1 amide bonds. The average Bonchev–Trinajstić information content (AvgIpc) is 3.05. The summed E-state index contributed by atoms with van der Waals surface area (Å²) in [5, 5.41) is 2.49. The normalized spacial score (nSPS) is 10.5. The predicted octanol–water partition coefficient (Wildman–Crippen LogP) is 3.31. The summed E-state index contributed by atoms with van der Waals surface area (Å²) in [6, 6.07) is 20.4. The van der Waals surface area contributed by atoms with Crippen molar-refractivity contribution in [1.29, 1.82) is 0 Å². The maximum atomic E-state index is 12.6. The first-order valence-corrected chi connectivity index (χ1v) is 9.68. The first kappa shape index (κ1) is 21.0. The number of carbonyl (C=O) groups excluding carboxylic acids is 3. The third-order valence-corrected chi connectivity index (χ3v) is 4.85. The van der Waals surface area contributed by atoms with Gasteiger partial charge in [0.25, 0.3) is 5.91 Å². The first-order valence-electron chi connectivity index (χ1n) is 9.68. The van der Waals surface area contributed by atoms with Crippen molar-refractivity contribution in [3.05, 3.63) is 94.8 Å². The number of hydrogen-bond acceptors (Lipinski definition) is 4. The number of ketones is 1. The quantitative estimate of drug-likeness (QED) is 0.462. The van der Waals surface area contributed by atoms with Gasteiger partial charge in [-0.2, -0.15) is 0 Å². The number of Topliss-reactive ketones (excluding diaryl/α,β-unsaturated/α-hetero) is 1. The van der Waals surface area contributed by atoms with E-state index in [-0.39, 0.29) is 24.8 Å². The molecule has 0 aliphatic heterocycles. The van der Waals surface area contributed by atoms with E-state index in [1.807, 2.05) is 50.2 Å². The Kier molecular flexibility index (Phi) is 6.80. The molecule has 0 spiro atoms. The zero-order valence-electron chi connectivity index (χ0n) is 17.1. The molecular weight excluding hydrogens is 380 g/mol. The van der Waals surface area contributed by atoms with Crippen LogP contribution in [0.2, 0.25) is 0 Å². The van der Waals surface area contributed by atoms with Gasteiger partial charge < -0.3 is 14.6 Å². The van der Waals surface area contributed by atoms with E-state index in [1.54, 1.807) is 30.3 Å². The second-order valence-corrected chi connectivity index (χ2v) is 6.99. The number of esters is 1. The molecule has 0 aliphatic carbocycles. The SMILES string of the molecule is Cc1cc(C(=O)COC(=O)CNC(=O)c2ccccc2)c(C)n1Cc1ccccc1. The molecule has 0 radical (unpaired) electrons. The fourth-order valence-electron chi connectivity index (χ4n) is 3.21. The number of benzene rings is 2. The monoisotopic (exact) mass is 404 g/mol. The fourth-order valence-corrected chi connectivity index (χ4v) is 3.21. The van der Waals surface area contributed by atoms with Crippen molar-refractivity contribution in [2.24, 2.45) is 0 Å². The summed E-state index contributed by atoms with van der Waals surface area (Å²) in [5.41, 5.74) is 3.91. The lowest BCUT2D eigenvalue weighted by Crippen LogP contribution is -2.31. The highest BCUT2D eigenvalue weighted by molar-refractivity contribution is 6.00. The van der Waals surface area contributed by atoms with Crippen LogP contribution in [0.5, 0.6) is 0 Å². The Morgan fingerprint density at radius 3 is 2.23 bits per heavy atom. The highest BCUT2D eigenvalue weighted by Gasteiger charge is 2.18. The van der Waals surface area contributed by atoms with Crippen LogP contribution in [-0.2, 0) is 16.1 Å². The molecule has 1 heterocycles. The van der Waals surface area contributed by atoms with Crippen LogP contribution in [0.25, 0.3) is 0 Å². The Labute approximate surface area is 175 Å². The second kappa shape index (κ2) is 9.69. The van der Waals surface area contributed by atoms with Gasteiger partial charge in [0.2, 0.25) is 5.78 Å². The van der Waals surface area contributed by atoms with Crippen LogP contribution >= 0.6 is 0 Å². The molecule has 0 aliphatic rings. The van der Waals surface area contributed by atoms with Gasteiger partial charge in [-0.05, 0) is 37.6 Å². The summed E-state index contributed by atoms with van der Waals surface area (Å²) in [6.07, 6.45) is 0. The number of nitrogens with one attached hydrogen (secondary N) is 1. The van der Waals surface area contributed by atoms with Crippen LogP contribution in [0.1, 0.15) is 37.7 Å². The van der Waals surface area contributed by atoms with Crippen LogP contribution in [-0.4, -0.2) is 35.4 Å². The summed E-state index contributed by atoms with van der Waals surface area (Å²) in [4.78, 5) is 36.4. The molecule has 0 atom stereocenters. The number of amides is 1. The summed E-state index contributed by atoms with van der Waals surface area (Å²) in [6.45, 7) is 3.82. The number of aromatic nitrogens is 1. The van der Waals surface area contributed by atoms with Gasteiger partial charge >= 0.3 is 5.97 Å². The molecule has 3 rings (SSSR count). The number of carbonyl (C=O) groups is 3. The molecular formula is C24H24N2O4. The maximum Gasteiger partial charge on any atom is 0.325 e. The molecule has 0 bridgehead atoms. The van der Waals surface area contributed by atoms with E-state index < -0.39 is 5.97 Å². The molecule has 0 fully saturated rings. The lowest BCUT2D eigenvalue weighted by molar-refractivity contribution is -0.141. The zero-order chi connectivity index (χ0) is 21.5. The van der Waals surface area contributed by atoms with Gasteiger partial charge in [0.15, 0.2) is 6.61 Å². The van der Waals surface area contributed by atoms with Gasteiger partial charge in [-0.15, -0.1) is 0 Å². The third-order valence-electron chi connectivity index (χ3n) is 4.85. The van der Waals surface area contributed by atoms with Crippen LogP contribution in [0, 0.1) is 13.8 Å². The zero-order valence-corrected chi connectivity index (χ0v) is 17.1. The third kappa shape index (κ3) is 5.23. The van der Waals surface area contributed by atoms with Crippen molar-refractivity contribution in [1.82, 2.24) is 9.88 Å². The molecule has 6 nitrogen and oxygen atoms in total. The van der Waals surface area contributed by atoms with Gasteiger partial charge in [-0.1, -0.05) is 48.5 Å². The molecule has 1 aromatic heterocycles. The van der Waals surface area contributed by atoms with Crippen molar-refractivity contribution in [3.8, 4) is 0 Å². The van der Waals surface area contributed by atoms with Crippen LogP contribution in [0.4, 0.5) is 0 Å². The summed E-state index contributed by atoms with van der Waals surface area (Å²) in [5.74, 6) is -1.31. The number of hydrogen-bond donors (Lipinski definition) is 1. The first-order chi connectivity index (χ1) is 14.5. The maximum absolute atomic E-state index is 12.6. The minimum atomic E-state index is -0.661. The van der Waals surface area contributed by atoms with E-state index in [2.05, 4.69) is 9.88 Å². The van der Waals surface area contributed by atoms with E-state index in [0.29, 0.717) is 17.7 Å². The Morgan fingerprint density at radius 2 is 1.57 bits per heavy atom. The molecule has 0 unspecified atom stereocenters. The molecule has 2 aromatic carbocycles. The molecule has 0 saturated heterocycles. The van der Waals surface area contributed by atoms with Gasteiger partial charge in [-0.3, -0.25) is 14.4 Å². The van der Waals surface area contributed by atoms with E-state index in [0.717, 1.165) is 17.0 Å². The Bertz CT molecular complexity index is 1040. The molecule has 1 N–H and O–H groups in total. The highest BCUT2D eigenvalue weighted by Crippen LogP contribution is 2.18. The fraction of sp³-hybridized carbons (Fsp3) is 0.208. The number of nitrogens with zero attached hydrogens (tertiary/aromatic N) is 1. The van der Waals surface area contributed by atoms with Gasteiger partial charge in [-0.25, -0.2) is 0 Å². The minimum Gasteiger partial charge on any atom is -0.456 e. The van der Waals surface area contributed by atoms with Crippen molar-refractivity contribution >= 4 is 17.7 Å². The standard InChI is InChI=1S/C24H24N2O4/c1-17-13-21(18(2)26(17)15-19-9-5-3-6-10-19)22(27)16-30-23(28)14-25-24(29)20-11-7-4-8-12-20/h3-13H,14-16H2,1-2H3,(H,25,29). The lowest BCUT2D eigenvalue weighted by Gasteiger charge is -2.10. The summed E-state index contributed by atoms with van der Waals surface area (Å²) >= 11 is 0. The Balaban J connectivity index is 1.54. The van der Waals surface area contributed by atoms with E-state index >= 15 is 0 Å². The average molecular weight is 404 g/mol. The van der Waals surface area contributed by atoms with Gasteiger partial charge in [0, 0.05) is 29.1 Å². The number of rotatable bonds is 8. The van der Waals surface area contributed by atoms with E-state index in [4.69, 9.17) is 4.74 Å². The Hall–Kier alpha value is -3.67. The largest absolute Gasteiger partial charge is 0.456 e. The van der Waals surface area contributed by atoms with Gasteiger partial charge in [0.1, 0.15) is 6.54 Å². The molecule has 6 heteroatoms. The van der Waals surface area contributed by atoms with Crippen LogP contribution < -0.4 is 5.32 Å². The topological polar surface area (TPSA) is 77.4 Å². The molecule has 3 aromatic rings. The number of aryl methyl sites for hydroxylation is 1. The van der Waals surface area contributed by atoms with Crippen molar-refractivity contribution < 1.29 is 19.1 Å². The molecule has 154 valence electrons. The van der Waals surface area contributed by atoms with Crippen molar-refractivity contribution in [3.63, 3.8) is 0 Å². The van der Waals surface area contributed by atoms with Crippen LogP contribution in [0.15, 0.2) is 66.7 Å². The summed E-state index contributed by atoms with van der Waals surface area (Å²) < 4.78 is 7.11. The Morgan fingerprint density at radius 1 is 0.933 bits per heavy atom. The van der Waals surface area contributed by atoms with Crippen molar-refractivity contribution in [2.45, 2.75) is 20.4 Å². The number of ether oxygens (including phenoxy) is 1. The minimum absolute atomic E-state index is 0.273. The molecule has 30 heavy (non-hydrogen) atoms. The lowest BCUT2D eigenvalue weighted by atomic mass is 10.1. The smallest absolute Gasteiger partial charge is 0.325 e. The second-order valence-electron chi connectivity index (χ2n) is 6.99. The predicted molar refractivity (Wildman–Crippen MR) is 114 cm³/mol. The summed E-state index contributed by atoms with van der Waals surface area (Å²) in [7, 11) is 0. The van der Waals surface area contributed by atoms with Gasteiger partial charge in [0.05, 0.1) is 0 Å². The molecule has 0 saturated carbocycles. The van der Waals surface area contributed by atoms with E-state index in [9.17, 15) is 14.4 Å². The highest BCUT2D eigenvalue weighted by atomic mass is 16.5. The van der Waals surface area contributed by atoms with Crippen LogP contribution in [0.3, 0.4) is 0 Å². The van der Waals surface area contributed by atoms with E-state index in [1.165, 1.54) is 0 Å².